The van der Waals surface area contributed by atoms with Crippen LogP contribution in [-0.4, -0.2) is 39.7 Å². The average Bonchev–Trinajstić information content (AvgIpc) is 3.13. The Kier molecular flexibility index (Phi) is 6.49. The Morgan fingerprint density at radius 3 is 2.41 bits per heavy atom. The largest absolute Gasteiger partial charge is 0.497 e. The summed E-state index contributed by atoms with van der Waals surface area (Å²) in [5.74, 6) is 0.881. The molecule has 0 spiro atoms. The molecular formula is C21H23ClN2O5. The first-order chi connectivity index (χ1) is 14.0. The zero-order valence-electron chi connectivity index (χ0n) is 16.5. The molecule has 1 heterocycles. The van der Waals surface area contributed by atoms with Crippen molar-refractivity contribution in [2.45, 2.75) is 13.0 Å². The van der Waals surface area contributed by atoms with Gasteiger partial charge in [-0.05, 0) is 23.8 Å². The molecule has 0 saturated carbocycles. The number of hydrogen-bond donors (Lipinski definition) is 1. The molecule has 0 bridgehead atoms. The topological polar surface area (TPSA) is 77.1 Å². The van der Waals surface area contributed by atoms with Crippen LogP contribution in [0.4, 0.5) is 5.69 Å². The molecule has 0 radical (unpaired) electrons. The molecule has 2 aromatic rings. The Balaban J connectivity index is 1.68. The Morgan fingerprint density at radius 2 is 1.79 bits per heavy atom. The number of methoxy groups -OCH3 is 3. The Morgan fingerprint density at radius 1 is 1.10 bits per heavy atom. The second kappa shape index (κ2) is 9.05. The molecule has 3 rings (SSSR count). The molecule has 154 valence electrons. The Labute approximate surface area is 174 Å². The maximum atomic E-state index is 12.6. The Bertz CT molecular complexity index is 901. The van der Waals surface area contributed by atoms with Crippen molar-refractivity contribution in [3.63, 3.8) is 0 Å². The number of nitrogens with one attached hydrogen (secondary N) is 1. The summed E-state index contributed by atoms with van der Waals surface area (Å²) in [5, 5.41) is 3.26. The Hall–Kier alpha value is -2.93. The van der Waals surface area contributed by atoms with Crippen LogP contribution in [0.5, 0.6) is 17.2 Å². The van der Waals surface area contributed by atoms with Gasteiger partial charge in [0.25, 0.3) is 0 Å². The zero-order valence-corrected chi connectivity index (χ0v) is 17.3. The number of rotatable bonds is 7. The first-order valence-corrected chi connectivity index (χ1v) is 9.47. The number of amides is 2. The van der Waals surface area contributed by atoms with Gasteiger partial charge in [-0.3, -0.25) is 9.59 Å². The predicted molar refractivity (Wildman–Crippen MR) is 110 cm³/mol. The highest BCUT2D eigenvalue weighted by Gasteiger charge is 2.36. The molecule has 8 heteroatoms. The third kappa shape index (κ3) is 4.56. The number of nitrogens with zero attached hydrogens (tertiary/aromatic N) is 1. The lowest BCUT2D eigenvalue weighted by atomic mass is 10.1. The van der Waals surface area contributed by atoms with Gasteiger partial charge in [-0.1, -0.05) is 23.7 Å². The van der Waals surface area contributed by atoms with Crippen LogP contribution in [-0.2, 0) is 16.1 Å². The summed E-state index contributed by atoms with van der Waals surface area (Å²) in [7, 11) is 4.61. The van der Waals surface area contributed by atoms with E-state index in [1.165, 1.54) is 19.1 Å². The summed E-state index contributed by atoms with van der Waals surface area (Å²) in [6, 6.07) is 10.7. The molecule has 1 aliphatic rings. The minimum atomic E-state index is -0.452. The average molecular weight is 419 g/mol. The number of carbonyl (C=O) groups excluding carboxylic acids is 2. The SMILES string of the molecule is COc1ccc(CNC(=O)C2CC(=O)N(c3cc(Cl)c(OC)cc3OC)C2)cc1. The second-order valence-electron chi connectivity index (χ2n) is 6.63. The van der Waals surface area contributed by atoms with Gasteiger partial charge in [0.1, 0.15) is 17.2 Å². The number of hydrogen-bond acceptors (Lipinski definition) is 5. The van der Waals surface area contributed by atoms with Crippen LogP contribution >= 0.6 is 11.6 Å². The fraction of sp³-hybridized carbons (Fsp3) is 0.333. The van der Waals surface area contributed by atoms with Crippen LogP contribution in [0.2, 0.25) is 5.02 Å². The standard InChI is InChI=1S/C21H23ClN2O5/c1-27-15-6-4-13(5-7-15)11-23-21(26)14-8-20(25)24(12-14)17-9-16(22)18(28-2)10-19(17)29-3/h4-7,9-10,14H,8,11-12H2,1-3H3,(H,23,26). The lowest BCUT2D eigenvalue weighted by molar-refractivity contribution is -0.126. The zero-order chi connectivity index (χ0) is 21.0. The molecule has 1 saturated heterocycles. The van der Waals surface area contributed by atoms with Gasteiger partial charge in [-0.2, -0.15) is 0 Å². The highest BCUT2D eigenvalue weighted by atomic mass is 35.5. The van der Waals surface area contributed by atoms with Crippen LogP contribution in [0.25, 0.3) is 0 Å². The lowest BCUT2D eigenvalue weighted by Gasteiger charge is -2.21. The minimum Gasteiger partial charge on any atom is -0.497 e. The monoisotopic (exact) mass is 418 g/mol. The van der Waals surface area contributed by atoms with Crippen LogP contribution in [0.15, 0.2) is 36.4 Å². The van der Waals surface area contributed by atoms with Crippen LogP contribution in [0.1, 0.15) is 12.0 Å². The van der Waals surface area contributed by atoms with Crippen molar-refractivity contribution in [1.82, 2.24) is 5.32 Å². The van der Waals surface area contributed by atoms with Gasteiger partial charge >= 0.3 is 0 Å². The van der Waals surface area contributed by atoms with Crippen molar-refractivity contribution in [3.05, 3.63) is 47.0 Å². The third-order valence-corrected chi connectivity index (χ3v) is 5.16. The van der Waals surface area contributed by atoms with E-state index in [1.807, 2.05) is 24.3 Å². The van der Waals surface area contributed by atoms with Gasteiger partial charge in [0, 0.05) is 25.6 Å². The van der Waals surface area contributed by atoms with E-state index < -0.39 is 5.92 Å². The maximum Gasteiger partial charge on any atom is 0.227 e. The summed E-state index contributed by atoms with van der Waals surface area (Å²) < 4.78 is 15.7. The summed E-state index contributed by atoms with van der Waals surface area (Å²) in [4.78, 5) is 26.7. The van der Waals surface area contributed by atoms with Crippen molar-refractivity contribution in [2.75, 3.05) is 32.8 Å². The van der Waals surface area contributed by atoms with E-state index in [0.29, 0.717) is 28.8 Å². The molecule has 1 fully saturated rings. The molecule has 1 aliphatic heterocycles. The van der Waals surface area contributed by atoms with Gasteiger partial charge < -0.3 is 24.4 Å². The van der Waals surface area contributed by atoms with Gasteiger partial charge in [-0.25, -0.2) is 0 Å². The van der Waals surface area contributed by atoms with Gasteiger partial charge in [0.2, 0.25) is 11.8 Å². The minimum absolute atomic E-state index is 0.126. The van der Waals surface area contributed by atoms with Crippen molar-refractivity contribution < 1.29 is 23.8 Å². The van der Waals surface area contributed by atoms with Gasteiger partial charge in [0.05, 0.1) is 38.0 Å². The maximum absolute atomic E-state index is 12.6. The fourth-order valence-electron chi connectivity index (χ4n) is 3.25. The quantitative estimate of drug-likeness (QED) is 0.747. The van der Waals surface area contributed by atoms with E-state index in [1.54, 1.807) is 19.2 Å². The highest BCUT2D eigenvalue weighted by molar-refractivity contribution is 6.32. The van der Waals surface area contributed by atoms with E-state index in [4.69, 9.17) is 25.8 Å². The normalized spacial score (nSPS) is 15.9. The summed E-state index contributed by atoms with van der Waals surface area (Å²) in [6.45, 7) is 0.636. The third-order valence-electron chi connectivity index (χ3n) is 4.87. The molecule has 7 nitrogen and oxygen atoms in total. The van der Waals surface area contributed by atoms with E-state index in [-0.39, 0.29) is 24.8 Å². The van der Waals surface area contributed by atoms with E-state index in [2.05, 4.69) is 5.32 Å². The summed E-state index contributed by atoms with van der Waals surface area (Å²) >= 11 is 6.22. The number of benzene rings is 2. The lowest BCUT2D eigenvalue weighted by Crippen LogP contribution is -2.32. The smallest absolute Gasteiger partial charge is 0.227 e. The number of halogens is 1. The molecule has 1 atom stereocenters. The molecule has 29 heavy (non-hydrogen) atoms. The van der Waals surface area contributed by atoms with E-state index in [0.717, 1.165) is 11.3 Å². The summed E-state index contributed by atoms with van der Waals surface area (Å²) in [6.07, 6.45) is 0.126. The molecule has 0 aromatic heterocycles. The van der Waals surface area contributed by atoms with Crippen LogP contribution < -0.4 is 24.4 Å². The fourth-order valence-corrected chi connectivity index (χ4v) is 3.48. The predicted octanol–water partition coefficient (Wildman–Crippen LogP) is 3.04. The number of anilines is 1. The van der Waals surface area contributed by atoms with Crippen molar-refractivity contribution >= 4 is 29.1 Å². The van der Waals surface area contributed by atoms with Gasteiger partial charge in [-0.15, -0.1) is 0 Å². The summed E-state index contributed by atoms with van der Waals surface area (Å²) in [5.41, 5.74) is 1.47. The second-order valence-corrected chi connectivity index (χ2v) is 7.04. The molecule has 2 amide bonds. The van der Waals surface area contributed by atoms with Crippen LogP contribution in [0, 0.1) is 5.92 Å². The van der Waals surface area contributed by atoms with E-state index in [9.17, 15) is 9.59 Å². The van der Waals surface area contributed by atoms with E-state index >= 15 is 0 Å². The molecule has 1 unspecified atom stereocenters. The highest BCUT2D eigenvalue weighted by Crippen LogP contribution is 2.40. The first kappa shape index (κ1) is 20.8. The van der Waals surface area contributed by atoms with Crippen molar-refractivity contribution in [1.29, 1.82) is 0 Å². The van der Waals surface area contributed by atoms with Crippen molar-refractivity contribution in [3.8, 4) is 17.2 Å². The molecule has 0 aliphatic carbocycles. The number of carbonyl (C=O) groups is 2. The number of ether oxygens (including phenoxy) is 3. The van der Waals surface area contributed by atoms with Crippen LogP contribution in [0.3, 0.4) is 0 Å². The molecule has 1 N–H and O–H groups in total. The van der Waals surface area contributed by atoms with Gasteiger partial charge in [0.15, 0.2) is 0 Å². The first-order valence-electron chi connectivity index (χ1n) is 9.09. The molecular weight excluding hydrogens is 396 g/mol. The van der Waals surface area contributed by atoms with Crippen molar-refractivity contribution in [2.24, 2.45) is 5.92 Å². The molecule has 2 aromatic carbocycles.